The van der Waals surface area contributed by atoms with Gasteiger partial charge in [0.05, 0.1) is 0 Å². The molecule has 4 heteroatoms. The second-order valence-electron chi connectivity index (χ2n) is 5.36. The predicted octanol–water partition coefficient (Wildman–Crippen LogP) is 1.70. The molecule has 0 fully saturated rings. The van der Waals surface area contributed by atoms with Gasteiger partial charge >= 0.3 is 0 Å². The number of nitrogens with one attached hydrogen (secondary N) is 2. The lowest BCUT2D eigenvalue weighted by Crippen LogP contribution is -2.42. The van der Waals surface area contributed by atoms with Crippen LogP contribution in [0.25, 0.3) is 0 Å². The van der Waals surface area contributed by atoms with Gasteiger partial charge < -0.3 is 10.6 Å². The Morgan fingerprint density at radius 1 is 0.765 bits per heavy atom. The molecule has 0 aliphatic rings. The summed E-state index contributed by atoms with van der Waals surface area (Å²) in [6.45, 7) is 11.4. The standard InChI is InChI=1S/C13H26N2O2/c1-8(2)12(16)14-10(5)7-11(6)15-13(17)9(3)4/h8-11H,7H2,1-6H3,(H,14,16)(H,15,17)/t10-,11?/m1/s1. The van der Waals surface area contributed by atoms with Gasteiger partial charge in [-0.3, -0.25) is 9.59 Å². The molecular weight excluding hydrogens is 216 g/mol. The number of carbonyl (C=O) groups is 2. The maximum Gasteiger partial charge on any atom is 0.222 e. The van der Waals surface area contributed by atoms with Gasteiger partial charge in [-0.2, -0.15) is 0 Å². The van der Waals surface area contributed by atoms with E-state index in [9.17, 15) is 9.59 Å². The molecule has 0 rings (SSSR count). The van der Waals surface area contributed by atoms with Gasteiger partial charge in [-0.15, -0.1) is 0 Å². The fourth-order valence-corrected chi connectivity index (χ4v) is 1.47. The predicted molar refractivity (Wildman–Crippen MR) is 69.5 cm³/mol. The summed E-state index contributed by atoms with van der Waals surface area (Å²) < 4.78 is 0. The molecule has 0 saturated heterocycles. The van der Waals surface area contributed by atoms with Crippen molar-refractivity contribution in [1.29, 1.82) is 0 Å². The van der Waals surface area contributed by atoms with Crippen molar-refractivity contribution in [3.8, 4) is 0 Å². The third-order valence-electron chi connectivity index (χ3n) is 2.53. The Kier molecular flexibility index (Phi) is 6.85. The third kappa shape index (κ3) is 6.97. The van der Waals surface area contributed by atoms with Gasteiger partial charge in [-0.25, -0.2) is 0 Å². The Balaban J connectivity index is 4.00. The Labute approximate surface area is 105 Å². The number of hydrogen-bond donors (Lipinski definition) is 2. The Hall–Kier alpha value is -1.06. The number of hydrogen-bond acceptors (Lipinski definition) is 2. The van der Waals surface area contributed by atoms with E-state index in [0.29, 0.717) is 0 Å². The van der Waals surface area contributed by atoms with Crippen LogP contribution in [0.5, 0.6) is 0 Å². The van der Waals surface area contributed by atoms with Crippen molar-refractivity contribution in [2.75, 3.05) is 0 Å². The fourth-order valence-electron chi connectivity index (χ4n) is 1.47. The van der Waals surface area contributed by atoms with Gasteiger partial charge in [0, 0.05) is 23.9 Å². The maximum absolute atomic E-state index is 11.5. The van der Waals surface area contributed by atoms with E-state index < -0.39 is 0 Å². The minimum absolute atomic E-state index is 0.00184. The summed E-state index contributed by atoms with van der Waals surface area (Å²) in [7, 11) is 0. The summed E-state index contributed by atoms with van der Waals surface area (Å²) in [6, 6.07) is 0.153. The lowest BCUT2D eigenvalue weighted by molar-refractivity contribution is -0.124. The topological polar surface area (TPSA) is 58.2 Å². The summed E-state index contributed by atoms with van der Waals surface area (Å²) >= 11 is 0. The summed E-state index contributed by atoms with van der Waals surface area (Å²) in [4.78, 5) is 22.9. The molecule has 1 unspecified atom stereocenters. The van der Waals surface area contributed by atoms with Crippen molar-refractivity contribution < 1.29 is 9.59 Å². The van der Waals surface area contributed by atoms with E-state index in [1.54, 1.807) is 0 Å². The molecule has 0 heterocycles. The van der Waals surface area contributed by atoms with Crippen molar-refractivity contribution in [2.24, 2.45) is 11.8 Å². The third-order valence-corrected chi connectivity index (χ3v) is 2.53. The van der Waals surface area contributed by atoms with Crippen LogP contribution in [0.2, 0.25) is 0 Å². The quantitative estimate of drug-likeness (QED) is 0.745. The molecule has 0 aliphatic heterocycles. The molecule has 4 nitrogen and oxygen atoms in total. The van der Waals surface area contributed by atoms with Gasteiger partial charge in [0.25, 0.3) is 0 Å². The molecule has 0 aromatic carbocycles. The summed E-state index contributed by atoms with van der Waals surface area (Å²) in [5.41, 5.74) is 0. The highest BCUT2D eigenvalue weighted by Gasteiger charge is 2.16. The van der Waals surface area contributed by atoms with Crippen LogP contribution < -0.4 is 10.6 Å². The molecule has 17 heavy (non-hydrogen) atoms. The molecule has 0 bridgehead atoms. The lowest BCUT2D eigenvalue weighted by Gasteiger charge is -2.21. The van der Waals surface area contributed by atoms with E-state index in [0.717, 1.165) is 6.42 Å². The molecule has 0 saturated carbocycles. The minimum atomic E-state index is -0.00184. The van der Waals surface area contributed by atoms with E-state index in [-0.39, 0.29) is 35.7 Å². The monoisotopic (exact) mass is 242 g/mol. The summed E-state index contributed by atoms with van der Waals surface area (Å²) in [5.74, 6) is 0.107. The number of amides is 2. The van der Waals surface area contributed by atoms with Gasteiger partial charge in [-0.1, -0.05) is 27.7 Å². The van der Waals surface area contributed by atoms with E-state index in [4.69, 9.17) is 0 Å². The Morgan fingerprint density at radius 2 is 1.06 bits per heavy atom. The lowest BCUT2D eigenvalue weighted by atomic mass is 10.1. The van der Waals surface area contributed by atoms with E-state index in [2.05, 4.69) is 10.6 Å². The van der Waals surface area contributed by atoms with Crippen molar-refractivity contribution in [3.05, 3.63) is 0 Å². The summed E-state index contributed by atoms with van der Waals surface area (Å²) in [5, 5.41) is 5.84. The van der Waals surface area contributed by atoms with Gasteiger partial charge in [0.15, 0.2) is 0 Å². The smallest absolute Gasteiger partial charge is 0.222 e. The molecule has 0 spiro atoms. The van der Waals surface area contributed by atoms with Crippen LogP contribution in [-0.2, 0) is 9.59 Å². The molecule has 0 aromatic heterocycles. The average molecular weight is 242 g/mol. The first kappa shape index (κ1) is 15.9. The van der Waals surface area contributed by atoms with Crippen LogP contribution in [0.1, 0.15) is 48.0 Å². The first-order valence-electron chi connectivity index (χ1n) is 6.34. The highest BCUT2D eigenvalue weighted by Crippen LogP contribution is 2.01. The zero-order valence-electron chi connectivity index (χ0n) is 11.8. The van der Waals surface area contributed by atoms with Crippen molar-refractivity contribution in [2.45, 2.75) is 60.0 Å². The van der Waals surface area contributed by atoms with Crippen molar-refractivity contribution in [3.63, 3.8) is 0 Å². The molecule has 0 radical (unpaired) electrons. The van der Waals surface area contributed by atoms with Crippen LogP contribution in [0.3, 0.4) is 0 Å². The summed E-state index contributed by atoms with van der Waals surface area (Å²) in [6.07, 6.45) is 0.747. The number of rotatable bonds is 6. The van der Waals surface area contributed by atoms with Crippen LogP contribution in [0.4, 0.5) is 0 Å². The van der Waals surface area contributed by atoms with Crippen molar-refractivity contribution in [1.82, 2.24) is 10.6 Å². The van der Waals surface area contributed by atoms with Gasteiger partial charge in [0.2, 0.25) is 11.8 Å². The SMILES string of the molecule is CC(C[C@@H](C)NC(=O)C(C)C)NC(=O)C(C)C. The highest BCUT2D eigenvalue weighted by molar-refractivity contribution is 5.78. The van der Waals surface area contributed by atoms with Crippen LogP contribution in [-0.4, -0.2) is 23.9 Å². The first-order chi connectivity index (χ1) is 7.73. The molecular formula is C13H26N2O2. The Morgan fingerprint density at radius 3 is 1.29 bits per heavy atom. The highest BCUT2D eigenvalue weighted by atomic mass is 16.2. The second kappa shape index (κ2) is 7.30. The second-order valence-corrected chi connectivity index (χ2v) is 5.36. The van der Waals surface area contributed by atoms with Crippen molar-refractivity contribution >= 4 is 11.8 Å². The van der Waals surface area contributed by atoms with Crippen LogP contribution in [0, 0.1) is 11.8 Å². The largest absolute Gasteiger partial charge is 0.353 e. The van der Waals surface area contributed by atoms with Gasteiger partial charge in [0.1, 0.15) is 0 Å². The molecule has 100 valence electrons. The zero-order valence-corrected chi connectivity index (χ0v) is 11.8. The van der Waals surface area contributed by atoms with E-state index in [1.807, 2.05) is 41.5 Å². The normalized spacial score (nSPS) is 14.6. The number of carbonyl (C=O) groups excluding carboxylic acids is 2. The molecule has 2 amide bonds. The molecule has 0 aromatic rings. The van der Waals surface area contributed by atoms with Crippen LogP contribution in [0.15, 0.2) is 0 Å². The average Bonchev–Trinajstić information content (AvgIpc) is 2.16. The molecule has 2 atom stereocenters. The fraction of sp³-hybridized carbons (Fsp3) is 0.846. The Bertz CT molecular complexity index is 236. The van der Waals surface area contributed by atoms with Crippen LogP contribution >= 0.6 is 0 Å². The van der Waals surface area contributed by atoms with E-state index >= 15 is 0 Å². The molecule has 0 aliphatic carbocycles. The molecule has 2 N–H and O–H groups in total. The van der Waals surface area contributed by atoms with Gasteiger partial charge in [-0.05, 0) is 20.3 Å². The van der Waals surface area contributed by atoms with E-state index in [1.165, 1.54) is 0 Å². The zero-order chi connectivity index (χ0) is 13.6. The maximum atomic E-state index is 11.5. The minimum Gasteiger partial charge on any atom is -0.353 e. The first-order valence-corrected chi connectivity index (χ1v) is 6.34.